The Morgan fingerprint density at radius 3 is 1.79 bits per heavy atom. The normalized spacial score (nSPS) is 22.9. The number of hydrogen-bond donors (Lipinski definition) is 0. The van der Waals surface area contributed by atoms with E-state index in [4.69, 9.17) is 24.3 Å². The summed E-state index contributed by atoms with van der Waals surface area (Å²) in [6.07, 6.45) is 0. The van der Waals surface area contributed by atoms with Crippen LogP contribution in [0.25, 0.3) is 10.4 Å². The first-order valence-corrected chi connectivity index (χ1v) is 7.43. The van der Waals surface area contributed by atoms with Gasteiger partial charge in [-0.05, 0) is 5.53 Å². The number of azide groups is 1. The van der Waals surface area contributed by atoms with Gasteiger partial charge in [0.25, 0.3) is 0 Å². The van der Waals surface area contributed by atoms with Crippen molar-refractivity contribution in [3.8, 4) is 0 Å². The Hall–Kier alpha value is -0.700. The van der Waals surface area contributed by atoms with E-state index in [1.807, 2.05) is 0 Å². The second-order valence-corrected chi connectivity index (χ2v) is 5.34. The second-order valence-electron chi connectivity index (χ2n) is 3.89. The summed E-state index contributed by atoms with van der Waals surface area (Å²) in [5, 5.41) is 2.86. The van der Waals surface area contributed by atoms with Crippen molar-refractivity contribution in [2.24, 2.45) is 4.88 Å². The maximum atomic E-state index is 12.3. The van der Waals surface area contributed by atoms with Crippen LogP contribution in [0.3, 0.4) is 0 Å². The summed E-state index contributed by atoms with van der Waals surface area (Å²) in [6.45, 7) is 3.63. The molecular formula is C8H16N5O5P. The number of hydrogen-bond acceptors (Lipinski definition) is 7. The van der Waals surface area contributed by atoms with Crippen LogP contribution in [0.2, 0.25) is 0 Å². The molecule has 10 nitrogen and oxygen atoms in total. The highest BCUT2D eigenvalue weighted by Gasteiger charge is 2.32. The van der Waals surface area contributed by atoms with E-state index in [0.717, 1.165) is 0 Å². The number of morpholine rings is 2. The summed E-state index contributed by atoms with van der Waals surface area (Å²) in [7, 11) is -3.91. The molecule has 0 aromatic rings. The van der Waals surface area contributed by atoms with E-state index in [9.17, 15) is 4.57 Å². The Morgan fingerprint density at radius 1 is 1.00 bits per heavy atom. The summed E-state index contributed by atoms with van der Waals surface area (Å²) in [6, 6.07) is 0. The minimum atomic E-state index is -3.91. The Balaban J connectivity index is 1.95. The Bertz CT molecular complexity index is 354. The standard InChI is InChI=1S/C8H16N5O5P/c9-10-11-19(14,17-12-1-5-15-6-2-12)18-13-3-7-16-8-4-13/h1-8H2. The molecule has 2 heterocycles. The van der Waals surface area contributed by atoms with Crippen molar-refractivity contribution >= 4 is 7.75 Å². The quantitative estimate of drug-likeness (QED) is 0.321. The zero-order valence-corrected chi connectivity index (χ0v) is 11.3. The molecule has 2 saturated heterocycles. The largest absolute Gasteiger partial charge is 0.453 e. The van der Waals surface area contributed by atoms with Crippen LogP contribution >= 0.6 is 7.75 Å². The van der Waals surface area contributed by atoms with E-state index in [0.29, 0.717) is 52.6 Å². The molecule has 2 fully saturated rings. The molecular weight excluding hydrogens is 277 g/mol. The van der Waals surface area contributed by atoms with Crippen LogP contribution in [0.4, 0.5) is 0 Å². The molecule has 0 amide bonds. The third-order valence-corrected chi connectivity index (χ3v) is 3.70. The van der Waals surface area contributed by atoms with Gasteiger partial charge < -0.3 is 9.47 Å². The van der Waals surface area contributed by atoms with Crippen molar-refractivity contribution in [3.05, 3.63) is 10.4 Å². The lowest BCUT2D eigenvalue weighted by molar-refractivity contribution is -0.166. The van der Waals surface area contributed by atoms with E-state index in [2.05, 4.69) is 9.80 Å². The zero-order chi connectivity index (χ0) is 13.6. The fraction of sp³-hybridized carbons (Fsp3) is 1.00. The average Bonchev–Trinajstić information content (AvgIpc) is 2.41. The summed E-state index contributed by atoms with van der Waals surface area (Å²) in [5.41, 5.74) is 8.50. The highest BCUT2D eigenvalue weighted by atomic mass is 31.2. The fourth-order valence-electron chi connectivity index (χ4n) is 1.64. The van der Waals surface area contributed by atoms with Crippen LogP contribution in [-0.4, -0.2) is 62.7 Å². The molecule has 0 radical (unpaired) electrons. The second kappa shape index (κ2) is 7.18. The monoisotopic (exact) mass is 293 g/mol. The minimum Gasteiger partial charge on any atom is -0.379 e. The molecule has 2 aliphatic heterocycles. The minimum absolute atomic E-state index is 0.442. The lowest BCUT2D eigenvalue weighted by Crippen LogP contribution is -2.38. The topological polar surface area (TPSA) is 109 Å². The fourth-order valence-corrected chi connectivity index (χ4v) is 2.75. The van der Waals surface area contributed by atoms with Crippen molar-refractivity contribution in [2.45, 2.75) is 0 Å². The molecule has 19 heavy (non-hydrogen) atoms. The number of rotatable bonds is 5. The van der Waals surface area contributed by atoms with Gasteiger partial charge in [0.05, 0.1) is 26.4 Å². The third-order valence-electron chi connectivity index (χ3n) is 2.53. The molecule has 0 atom stereocenters. The first kappa shape index (κ1) is 14.7. The lowest BCUT2D eigenvalue weighted by atomic mass is 10.5. The third kappa shape index (κ3) is 4.72. The summed E-state index contributed by atoms with van der Waals surface area (Å²) in [4.78, 5) is 5.71. The van der Waals surface area contributed by atoms with Gasteiger partial charge in [-0.25, -0.2) is 13.8 Å². The van der Waals surface area contributed by atoms with Crippen molar-refractivity contribution in [2.75, 3.05) is 52.6 Å². The molecule has 0 N–H and O–H groups in total. The van der Waals surface area contributed by atoms with Crippen molar-refractivity contribution in [3.63, 3.8) is 0 Å². The van der Waals surface area contributed by atoms with Gasteiger partial charge in [0.1, 0.15) is 0 Å². The number of nitrogens with zero attached hydrogens (tertiary/aromatic N) is 5. The zero-order valence-electron chi connectivity index (χ0n) is 10.4. The predicted octanol–water partition coefficient (Wildman–Crippen LogP) is 0.932. The molecule has 0 aromatic heterocycles. The number of ether oxygens (including phenoxy) is 2. The van der Waals surface area contributed by atoms with Crippen molar-refractivity contribution in [1.82, 2.24) is 10.1 Å². The van der Waals surface area contributed by atoms with Gasteiger partial charge >= 0.3 is 7.75 Å². The first-order valence-electron chi connectivity index (χ1n) is 5.93. The molecule has 2 aliphatic rings. The van der Waals surface area contributed by atoms with Crippen LogP contribution in [0.1, 0.15) is 0 Å². The molecule has 2 rings (SSSR count). The van der Waals surface area contributed by atoms with Gasteiger partial charge in [0.2, 0.25) is 0 Å². The Morgan fingerprint density at radius 2 is 1.42 bits per heavy atom. The van der Waals surface area contributed by atoms with Gasteiger partial charge in [-0.15, -0.1) is 0 Å². The van der Waals surface area contributed by atoms with Crippen LogP contribution in [-0.2, 0) is 23.3 Å². The van der Waals surface area contributed by atoms with E-state index < -0.39 is 7.75 Å². The Labute approximate surface area is 110 Å². The van der Waals surface area contributed by atoms with Crippen LogP contribution in [0.5, 0.6) is 0 Å². The highest BCUT2D eigenvalue weighted by Crippen LogP contribution is 2.51. The maximum absolute atomic E-state index is 12.3. The van der Waals surface area contributed by atoms with E-state index in [1.54, 1.807) is 0 Å². The van der Waals surface area contributed by atoms with E-state index in [1.165, 1.54) is 10.1 Å². The van der Waals surface area contributed by atoms with Crippen LogP contribution < -0.4 is 0 Å². The van der Waals surface area contributed by atoms with Gasteiger partial charge in [0.15, 0.2) is 0 Å². The summed E-state index contributed by atoms with van der Waals surface area (Å²) >= 11 is 0. The lowest BCUT2D eigenvalue weighted by Gasteiger charge is -2.31. The molecule has 0 aromatic carbocycles. The molecule has 0 spiro atoms. The van der Waals surface area contributed by atoms with Crippen molar-refractivity contribution in [1.29, 1.82) is 0 Å². The van der Waals surface area contributed by atoms with Crippen LogP contribution in [0.15, 0.2) is 4.88 Å². The van der Waals surface area contributed by atoms with Crippen molar-refractivity contribution < 1.29 is 23.3 Å². The number of hydroxylamine groups is 4. The van der Waals surface area contributed by atoms with Gasteiger partial charge in [-0.1, -0.05) is 0 Å². The molecule has 0 saturated carbocycles. The van der Waals surface area contributed by atoms with E-state index >= 15 is 0 Å². The summed E-state index contributed by atoms with van der Waals surface area (Å²) < 4.78 is 33.0. The molecule has 0 unspecified atom stereocenters. The van der Waals surface area contributed by atoms with Crippen LogP contribution in [0, 0.1) is 0 Å². The molecule has 108 valence electrons. The average molecular weight is 293 g/mol. The Kier molecular flexibility index (Phi) is 5.56. The first-order chi connectivity index (χ1) is 9.22. The molecule has 11 heteroatoms. The smallest absolute Gasteiger partial charge is 0.379 e. The van der Waals surface area contributed by atoms with E-state index in [-0.39, 0.29) is 0 Å². The maximum Gasteiger partial charge on any atom is 0.453 e. The van der Waals surface area contributed by atoms with Gasteiger partial charge in [0, 0.05) is 36.0 Å². The molecule has 0 aliphatic carbocycles. The SMILES string of the molecule is [N-]=[N+]=NP(=O)(ON1CCOCC1)ON1CCOCC1. The highest BCUT2D eigenvalue weighted by molar-refractivity contribution is 7.52. The van der Waals surface area contributed by atoms with Gasteiger partial charge in [-0.3, -0.25) is 0 Å². The predicted molar refractivity (Wildman–Crippen MR) is 63.7 cm³/mol. The summed E-state index contributed by atoms with van der Waals surface area (Å²) in [5.74, 6) is 0. The van der Waals surface area contributed by atoms with Gasteiger partial charge in [-0.2, -0.15) is 10.1 Å². The molecule has 0 bridgehead atoms.